The summed E-state index contributed by atoms with van der Waals surface area (Å²) in [6, 6.07) is 14.4. The summed E-state index contributed by atoms with van der Waals surface area (Å²) in [4.78, 5) is 13.2. The molecule has 0 saturated carbocycles. The number of phenols is 1. The van der Waals surface area contributed by atoms with E-state index >= 15 is 0 Å². The Hall–Kier alpha value is -3.21. The summed E-state index contributed by atoms with van der Waals surface area (Å²) in [5.74, 6) is -0.122. The van der Waals surface area contributed by atoms with Crippen LogP contribution in [0.5, 0.6) is 17.2 Å². The van der Waals surface area contributed by atoms with Crippen molar-refractivity contribution >= 4 is 16.6 Å². The van der Waals surface area contributed by atoms with Crippen molar-refractivity contribution in [3.8, 4) is 17.2 Å². The average Bonchev–Trinajstić information content (AvgIpc) is 2.87. The number of ketones is 1. The van der Waals surface area contributed by atoms with E-state index in [0.717, 1.165) is 5.56 Å². The maximum atomic E-state index is 13.2. The molecule has 3 aromatic rings. The van der Waals surface area contributed by atoms with Crippen LogP contribution in [0, 0.1) is 6.92 Å². The number of benzene rings is 3. The van der Waals surface area contributed by atoms with E-state index in [1.54, 1.807) is 19.1 Å². The molecule has 0 aromatic heterocycles. The van der Waals surface area contributed by atoms with Gasteiger partial charge in [0.25, 0.3) is 0 Å². The maximum absolute atomic E-state index is 13.2. The monoisotopic (exact) mass is 498 g/mol. The van der Waals surface area contributed by atoms with Crippen LogP contribution in [-0.2, 0) is 11.2 Å². The second kappa shape index (κ2) is 10.8. The molecule has 1 heterocycles. The first kappa shape index (κ1) is 25.9. The summed E-state index contributed by atoms with van der Waals surface area (Å²) in [5, 5.41) is 52.1. The van der Waals surface area contributed by atoms with Crippen molar-refractivity contribution in [1.82, 2.24) is 0 Å². The van der Waals surface area contributed by atoms with Crippen LogP contribution < -0.4 is 9.47 Å². The van der Waals surface area contributed by atoms with Crippen LogP contribution in [0.15, 0.2) is 48.5 Å². The number of carbonyl (C=O) groups excluding carboxylic acids is 1. The number of rotatable bonds is 8. The second-order valence-corrected chi connectivity index (χ2v) is 8.86. The Balaban J connectivity index is 1.72. The maximum Gasteiger partial charge on any atom is 0.229 e. The van der Waals surface area contributed by atoms with Gasteiger partial charge in [0.2, 0.25) is 6.29 Å². The number of hydrogen-bond acceptors (Lipinski definition) is 9. The lowest BCUT2D eigenvalue weighted by molar-refractivity contribution is -0.277. The molecule has 1 aliphatic rings. The minimum absolute atomic E-state index is 0.0308. The average molecular weight is 499 g/mol. The van der Waals surface area contributed by atoms with Gasteiger partial charge in [-0.3, -0.25) is 4.79 Å². The van der Waals surface area contributed by atoms with Gasteiger partial charge in [-0.1, -0.05) is 36.4 Å². The van der Waals surface area contributed by atoms with Crippen molar-refractivity contribution in [2.75, 3.05) is 13.7 Å². The zero-order valence-electron chi connectivity index (χ0n) is 20.0. The molecule has 5 unspecified atom stereocenters. The van der Waals surface area contributed by atoms with Crippen molar-refractivity contribution < 1.29 is 44.5 Å². The molecule has 192 valence electrons. The lowest BCUT2D eigenvalue weighted by atomic mass is 9.94. The normalized spacial score (nSPS) is 24.0. The van der Waals surface area contributed by atoms with Gasteiger partial charge in [0.05, 0.1) is 24.7 Å². The Morgan fingerprint density at radius 2 is 1.75 bits per heavy atom. The summed E-state index contributed by atoms with van der Waals surface area (Å²) in [6.45, 7) is 1.11. The third-order valence-corrected chi connectivity index (χ3v) is 6.44. The van der Waals surface area contributed by atoms with Crippen LogP contribution in [-0.4, -0.2) is 75.7 Å². The molecule has 36 heavy (non-hydrogen) atoms. The number of aromatic hydroxyl groups is 1. The van der Waals surface area contributed by atoms with Gasteiger partial charge in [0, 0.05) is 12.5 Å². The van der Waals surface area contributed by atoms with E-state index in [-0.39, 0.29) is 34.7 Å². The number of aliphatic hydroxyl groups excluding tert-OH is 4. The largest absolute Gasteiger partial charge is 0.506 e. The van der Waals surface area contributed by atoms with E-state index in [2.05, 4.69) is 0 Å². The Bertz CT molecular complexity index is 1230. The van der Waals surface area contributed by atoms with E-state index < -0.39 is 37.3 Å². The summed E-state index contributed by atoms with van der Waals surface area (Å²) >= 11 is 0. The number of aliphatic hydroxyl groups is 4. The van der Waals surface area contributed by atoms with Crippen molar-refractivity contribution in [1.29, 1.82) is 0 Å². The minimum Gasteiger partial charge on any atom is -0.506 e. The SMILES string of the molecule is COc1cc(OC2OC(CO)C(O)C(O)C2O)c2c(O)c(C(=O)CCc3ccccc3)c(C)cc2c1. The zero-order chi connectivity index (χ0) is 26.0. The molecular weight excluding hydrogens is 468 g/mol. The van der Waals surface area contributed by atoms with E-state index in [0.29, 0.717) is 23.1 Å². The zero-order valence-corrected chi connectivity index (χ0v) is 20.0. The summed E-state index contributed by atoms with van der Waals surface area (Å²) in [6.07, 6.45) is -6.79. The smallest absolute Gasteiger partial charge is 0.229 e. The van der Waals surface area contributed by atoms with Gasteiger partial charge in [-0.15, -0.1) is 0 Å². The molecule has 1 saturated heterocycles. The summed E-state index contributed by atoms with van der Waals surface area (Å²) in [7, 11) is 1.45. The number of methoxy groups -OCH3 is 1. The van der Waals surface area contributed by atoms with Gasteiger partial charge < -0.3 is 39.7 Å². The van der Waals surface area contributed by atoms with Gasteiger partial charge in [0.1, 0.15) is 41.7 Å². The fourth-order valence-corrected chi connectivity index (χ4v) is 4.48. The highest BCUT2D eigenvalue weighted by atomic mass is 16.7. The van der Waals surface area contributed by atoms with Crippen LogP contribution in [0.3, 0.4) is 0 Å². The highest BCUT2D eigenvalue weighted by Crippen LogP contribution is 2.42. The first-order valence-corrected chi connectivity index (χ1v) is 11.6. The molecule has 1 fully saturated rings. The summed E-state index contributed by atoms with van der Waals surface area (Å²) in [5.41, 5.74) is 1.73. The summed E-state index contributed by atoms with van der Waals surface area (Å²) < 4.78 is 16.7. The highest BCUT2D eigenvalue weighted by molar-refractivity contribution is 6.08. The number of phenolic OH excluding ortho intramolecular Hbond substituents is 1. The van der Waals surface area contributed by atoms with Crippen molar-refractivity contribution in [2.24, 2.45) is 0 Å². The molecule has 9 heteroatoms. The Kier molecular flexibility index (Phi) is 7.77. The molecule has 0 radical (unpaired) electrons. The fourth-order valence-electron chi connectivity index (χ4n) is 4.48. The van der Waals surface area contributed by atoms with Gasteiger partial charge in [-0.25, -0.2) is 0 Å². The first-order valence-electron chi connectivity index (χ1n) is 11.6. The van der Waals surface area contributed by atoms with Crippen LogP contribution in [0.25, 0.3) is 10.8 Å². The molecular formula is C27H30O9. The number of carbonyl (C=O) groups is 1. The molecule has 5 N–H and O–H groups in total. The van der Waals surface area contributed by atoms with Crippen molar-refractivity contribution in [3.05, 3.63) is 65.2 Å². The lowest BCUT2D eigenvalue weighted by Crippen LogP contribution is -2.60. The Labute approximate surface area is 208 Å². The molecule has 5 atom stereocenters. The predicted octanol–water partition coefficient (Wildman–Crippen LogP) is 1.86. The molecule has 1 aliphatic heterocycles. The van der Waals surface area contributed by atoms with Crippen LogP contribution in [0.1, 0.15) is 27.9 Å². The number of ether oxygens (including phenoxy) is 3. The van der Waals surface area contributed by atoms with Gasteiger partial charge >= 0.3 is 0 Å². The first-order chi connectivity index (χ1) is 17.2. The van der Waals surface area contributed by atoms with E-state index in [4.69, 9.17) is 14.2 Å². The lowest BCUT2D eigenvalue weighted by Gasteiger charge is -2.39. The minimum atomic E-state index is -1.65. The van der Waals surface area contributed by atoms with Crippen LogP contribution in [0.4, 0.5) is 0 Å². The third-order valence-electron chi connectivity index (χ3n) is 6.44. The van der Waals surface area contributed by atoms with E-state index in [9.17, 15) is 30.3 Å². The van der Waals surface area contributed by atoms with E-state index in [1.165, 1.54) is 13.2 Å². The van der Waals surface area contributed by atoms with Gasteiger partial charge in [-0.05, 0) is 35.9 Å². The quantitative estimate of drug-likeness (QED) is 0.294. The number of Topliss-reactive ketones (excluding diaryl/α,β-unsaturated/α-hetero) is 1. The number of aryl methyl sites for hydroxylation is 2. The van der Waals surface area contributed by atoms with Crippen LogP contribution in [0.2, 0.25) is 0 Å². The Morgan fingerprint density at radius 1 is 1.03 bits per heavy atom. The molecule has 4 rings (SSSR count). The third kappa shape index (κ3) is 5.02. The Morgan fingerprint density at radius 3 is 2.42 bits per heavy atom. The highest BCUT2D eigenvalue weighted by Gasteiger charge is 2.45. The molecule has 0 spiro atoms. The molecule has 9 nitrogen and oxygen atoms in total. The molecule has 0 amide bonds. The second-order valence-electron chi connectivity index (χ2n) is 8.86. The van der Waals surface area contributed by atoms with Crippen molar-refractivity contribution in [3.63, 3.8) is 0 Å². The van der Waals surface area contributed by atoms with Gasteiger partial charge in [-0.2, -0.15) is 0 Å². The van der Waals surface area contributed by atoms with E-state index in [1.807, 2.05) is 30.3 Å². The fraction of sp³-hybridized carbons (Fsp3) is 0.370. The molecule has 3 aromatic carbocycles. The molecule has 0 aliphatic carbocycles. The van der Waals surface area contributed by atoms with Crippen molar-refractivity contribution in [2.45, 2.75) is 50.5 Å². The number of fused-ring (bicyclic) bond motifs is 1. The predicted molar refractivity (Wildman–Crippen MR) is 130 cm³/mol. The standard InChI is InChI=1S/C27H30O9/c1-14-10-16-11-17(34-2)12-19(35-27-26(33)25(32)23(30)20(13-28)36-27)22(16)24(31)21(14)18(29)9-8-15-6-4-3-5-7-15/h3-7,10-12,20,23,25-28,30-33H,8-9,13H2,1-2H3. The number of hydrogen-bond donors (Lipinski definition) is 5. The topological polar surface area (TPSA) is 146 Å². The van der Waals surface area contributed by atoms with Crippen LogP contribution >= 0.6 is 0 Å². The molecule has 0 bridgehead atoms. The van der Waals surface area contributed by atoms with Gasteiger partial charge in [0.15, 0.2) is 5.78 Å².